The summed E-state index contributed by atoms with van der Waals surface area (Å²) < 4.78 is 3.90. The molecule has 25 heavy (non-hydrogen) atoms. The second-order valence-corrected chi connectivity index (χ2v) is 6.13. The Labute approximate surface area is 145 Å². The lowest BCUT2D eigenvalue weighted by Crippen LogP contribution is -2.45. The average Bonchev–Trinajstić information content (AvgIpc) is 3.32. The molecule has 1 aliphatic heterocycles. The molecule has 1 atom stereocenters. The minimum absolute atomic E-state index is 0.0441. The number of nitrogens with one attached hydrogen (secondary N) is 1. The smallest absolute Gasteiger partial charge is 0.318 e. The molecule has 2 amide bonds. The first-order valence-corrected chi connectivity index (χ1v) is 8.37. The minimum atomic E-state index is -0.0441. The van der Waals surface area contributed by atoms with Crippen LogP contribution < -0.4 is 5.32 Å². The quantitative estimate of drug-likeness (QED) is 0.798. The maximum atomic E-state index is 12.6. The third-order valence-electron chi connectivity index (χ3n) is 4.60. The van der Waals surface area contributed by atoms with Crippen molar-refractivity contribution in [1.82, 2.24) is 29.5 Å². The summed E-state index contributed by atoms with van der Waals surface area (Å²) in [6.45, 7) is 4.06. The molecular formula is C18H20N6O. The lowest BCUT2D eigenvalue weighted by atomic mass is 10.1. The van der Waals surface area contributed by atoms with Crippen molar-refractivity contribution in [3.63, 3.8) is 0 Å². The van der Waals surface area contributed by atoms with Gasteiger partial charge >= 0.3 is 6.03 Å². The molecule has 4 heterocycles. The summed E-state index contributed by atoms with van der Waals surface area (Å²) in [5, 5.41) is 7.19. The van der Waals surface area contributed by atoms with Gasteiger partial charge in [-0.3, -0.25) is 0 Å². The maximum absolute atomic E-state index is 12.6. The van der Waals surface area contributed by atoms with Gasteiger partial charge in [-0.25, -0.2) is 14.5 Å². The van der Waals surface area contributed by atoms with Crippen molar-refractivity contribution >= 4 is 6.03 Å². The summed E-state index contributed by atoms with van der Waals surface area (Å²) in [5.74, 6) is 0.737. The van der Waals surface area contributed by atoms with Crippen LogP contribution in [0.25, 0.3) is 5.82 Å². The van der Waals surface area contributed by atoms with Gasteiger partial charge in [-0.2, -0.15) is 5.10 Å². The van der Waals surface area contributed by atoms with Gasteiger partial charge in [-0.15, -0.1) is 0 Å². The van der Waals surface area contributed by atoms with E-state index >= 15 is 0 Å². The van der Waals surface area contributed by atoms with Gasteiger partial charge in [0.05, 0.1) is 6.04 Å². The number of urea groups is 1. The van der Waals surface area contributed by atoms with Gasteiger partial charge in [0.2, 0.25) is 0 Å². The first-order valence-electron chi connectivity index (χ1n) is 8.37. The fourth-order valence-corrected chi connectivity index (χ4v) is 3.24. The zero-order valence-electron chi connectivity index (χ0n) is 14.0. The van der Waals surface area contributed by atoms with E-state index in [1.165, 1.54) is 5.69 Å². The fraction of sp³-hybridized carbons (Fsp3) is 0.278. The van der Waals surface area contributed by atoms with Gasteiger partial charge in [0, 0.05) is 50.1 Å². The summed E-state index contributed by atoms with van der Waals surface area (Å²) in [6.07, 6.45) is 7.35. The molecule has 3 aromatic heterocycles. The number of aromatic nitrogens is 4. The van der Waals surface area contributed by atoms with Crippen molar-refractivity contribution in [1.29, 1.82) is 0 Å². The Balaban J connectivity index is 1.42. The number of fused-ring (bicyclic) bond motifs is 1. The second kappa shape index (κ2) is 6.43. The molecule has 7 nitrogen and oxygen atoms in total. The number of rotatable bonds is 3. The molecule has 0 fully saturated rings. The van der Waals surface area contributed by atoms with Crippen LogP contribution in [0.3, 0.4) is 0 Å². The van der Waals surface area contributed by atoms with Crippen LogP contribution in [0, 0.1) is 0 Å². The van der Waals surface area contributed by atoms with Crippen LogP contribution in [-0.2, 0) is 13.1 Å². The molecule has 4 rings (SSSR count). The van der Waals surface area contributed by atoms with Crippen LogP contribution >= 0.6 is 0 Å². The van der Waals surface area contributed by atoms with E-state index in [9.17, 15) is 4.79 Å². The van der Waals surface area contributed by atoms with E-state index in [1.54, 1.807) is 17.1 Å². The van der Waals surface area contributed by atoms with Gasteiger partial charge in [0.25, 0.3) is 0 Å². The third kappa shape index (κ3) is 3.00. The molecule has 0 spiro atoms. The Bertz CT molecular complexity index is 869. The predicted octanol–water partition coefficient (Wildman–Crippen LogP) is 2.36. The molecule has 0 aliphatic carbocycles. The molecule has 1 N–H and O–H groups in total. The lowest BCUT2D eigenvalue weighted by molar-refractivity contribution is 0.162. The number of hydrogen-bond acceptors (Lipinski definition) is 3. The summed E-state index contributed by atoms with van der Waals surface area (Å²) in [6, 6.07) is 9.81. The topological polar surface area (TPSA) is 68.0 Å². The number of pyridine rings is 1. The van der Waals surface area contributed by atoms with Gasteiger partial charge in [-0.1, -0.05) is 0 Å². The number of nitrogens with zero attached hydrogens (tertiary/aromatic N) is 5. The van der Waals surface area contributed by atoms with Crippen molar-refractivity contribution in [2.75, 3.05) is 6.54 Å². The van der Waals surface area contributed by atoms with Gasteiger partial charge in [0.15, 0.2) is 5.82 Å². The summed E-state index contributed by atoms with van der Waals surface area (Å²) in [5.41, 5.74) is 2.16. The zero-order chi connectivity index (χ0) is 17.2. The normalized spacial score (nSPS) is 16.5. The highest BCUT2D eigenvalue weighted by atomic mass is 16.2. The predicted molar refractivity (Wildman–Crippen MR) is 93.1 cm³/mol. The maximum Gasteiger partial charge on any atom is 0.318 e. The molecule has 0 radical (unpaired) electrons. The highest BCUT2D eigenvalue weighted by Crippen LogP contribution is 2.25. The lowest BCUT2D eigenvalue weighted by Gasteiger charge is -2.34. The monoisotopic (exact) mass is 336 g/mol. The van der Waals surface area contributed by atoms with Crippen molar-refractivity contribution in [2.45, 2.75) is 26.1 Å². The highest BCUT2D eigenvalue weighted by Gasteiger charge is 2.27. The van der Waals surface area contributed by atoms with Crippen LogP contribution in [0.4, 0.5) is 4.79 Å². The number of carbonyl (C=O) groups is 1. The molecule has 0 aromatic carbocycles. The molecular weight excluding hydrogens is 316 g/mol. The first-order chi connectivity index (χ1) is 12.2. The Morgan fingerprint density at radius 1 is 1.24 bits per heavy atom. The van der Waals surface area contributed by atoms with Crippen LogP contribution in [-0.4, -0.2) is 36.8 Å². The Morgan fingerprint density at radius 3 is 3.00 bits per heavy atom. The molecule has 128 valence electrons. The highest BCUT2D eigenvalue weighted by molar-refractivity contribution is 5.74. The van der Waals surface area contributed by atoms with Crippen molar-refractivity contribution in [3.8, 4) is 5.82 Å². The molecule has 1 aliphatic rings. The minimum Gasteiger partial charge on any atom is -0.348 e. The number of amides is 2. The van der Waals surface area contributed by atoms with Crippen molar-refractivity contribution in [3.05, 3.63) is 66.4 Å². The average molecular weight is 336 g/mol. The number of hydrogen-bond donors (Lipinski definition) is 1. The molecule has 0 saturated carbocycles. The summed E-state index contributed by atoms with van der Waals surface area (Å²) in [4.78, 5) is 18.8. The van der Waals surface area contributed by atoms with E-state index in [2.05, 4.69) is 39.2 Å². The fourth-order valence-electron chi connectivity index (χ4n) is 3.24. The zero-order valence-corrected chi connectivity index (χ0v) is 14.0. The van der Waals surface area contributed by atoms with E-state index in [0.717, 1.165) is 17.9 Å². The first kappa shape index (κ1) is 15.4. The van der Waals surface area contributed by atoms with Gasteiger partial charge < -0.3 is 14.8 Å². The van der Waals surface area contributed by atoms with E-state index in [4.69, 9.17) is 0 Å². The summed E-state index contributed by atoms with van der Waals surface area (Å²) >= 11 is 0. The molecule has 7 heteroatoms. The Kier molecular flexibility index (Phi) is 3.97. The van der Waals surface area contributed by atoms with E-state index in [1.807, 2.05) is 35.4 Å². The molecule has 3 aromatic rings. The van der Waals surface area contributed by atoms with E-state index in [0.29, 0.717) is 13.1 Å². The summed E-state index contributed by atoms with van der Waals surface area (Å²) in [7, 11) is 0. The van der Waals surface area contributed by atoms with Crippen molar-refractivity contribution in [2.24, 2.45) is 0 Å². The molecule has 0 saturated heterocycles. The Hall–Kier alpha value is -3.09. The largest absolute Gasteiger partial charge is 0.348 e. The van der Waals surface area contributed by atoms with E-state index in [-0.39, 0.29) is 12.1 Å². The standard InChI is InChI=1S/C18H20N6O/c1-14-16-4-2-8-22(16)10-11-23(14)18(25)20-13-15-5-7-19-17(12-15)24-9-3-6-21-24/h2-9,12,14H,10-11,13H2,1H3,(H,20,25). The SMILES string of the molecule is CC1c2cccn2CCN1C(=O)NCc1ccnc(-n2cccn2)c1. The Morgan fingerprint density at radius 2 is 2.16 bits per heavy atom. The number of carbonyl (C=O) groups excluding carboxylic acids is 1. The van der Waals surface area contributed by atoms with Crippen LogP contribution in [0.1, 0.15) is 24.2 Å². The van der Waals surface area contributed by atoms with Crippen LogP contribution in [0.5, 0.6) is 0 Å². The molecule has 1 unspecified atom stereocenters. The van der Waals surface area contributed by atoms with Gasteiger partial charge in [0.1, 0.15) is 0 Å². The van der Waals surface area contributed by atoms with E-state index < -0.39 is 0 Å². The van der Waals surface area contributed by atoms with Crippen LogP contribution in [0.2, 0.25) is 0 Å². The second-order valence-electron chi connectivity index (χ2n) is 6.13. The van der Waals surface area contributed by atoms with Crippen molar-refractivity contribution < 1.29 is 4.79 Å². The van der Waals surface area contributed by atoms with Gasteiger partial charge in [-0.05, 0) is 42.8 Å². The van der Waals surface area contributed by atoms with Crippen LogP contribution in [0.15, 0.2) is 55.1 Å². The third-order valence-corrected chi connectivity index (χ3v) is 4.60. The molecule has 0 bridgehead atoms.